The number of aromatic nitrogens is 1. The Kier molecular flexibility index (Phi) is 4.55. The number of allylic oxidation sites excluding steroid dienone is 8. The van der Waals surface area contributed by atoms with E-state index in [-0.39, 0.29) is 10.8 Å². The van der Waals surface area contributed by atoms with Crippen molar-refractivity contribution in [3.63, 3.8) is 0 Å². The molecule has 2 aliphatic carbocycles. The molecule has 0 saturated carbocycles. The summed E-state index contributed by atoms with van der Waals surface area (Å²) in [6.45, 7) is 4.70. The van der Waals surface area contributed by atoms with Gasteiger partial charge in [0.2, 0.25) is 0 Å². The molecule has 1 atom stereocenters. The van der Waals surface area contributed by atoms with Crippen LogP contribution >= 0.6 is 0 Å². The number of para-hydroxylation sites is 1. The van der Waals surface area contributed by atoms with Crippen LogP contribution < -0.4 is 10.6 Å². The largest absolute Gasteiger partial charge is 0.344 e. The van der Waals surface area contributed by atoms with E-state index < -0.39 is 0 Å². The molecule has 0 N–H and O–H groups in total. The van der Waals surface area contributed by atoms with E-state index in [2.05, 4.69) is 110 Å². The Balaban J connectivity index is 1.62. The van der Waals surface area contributed by atoms with Crippen LogP contribution in [0.3, 0.4) is 0 Å². The molecule has 4 rings (SSSR count). The number of nitrogens with zero attached hydrogens (tertiary/aromatic N) is 1. The van der Waals surface area contributed by atoms with Gasteiger partial charge in [-0.2, -0.15) is 0 Å². The SMILES string of the molecule is Cn1c2c(c3ccccc31)=CC(C)(CCCC1(C)C=CC=CC=C1)C=CC=2. The zero-order chi connectivity index (χ0) is 18.9. The summed E-state index contributed by atoms with van der Waals surface area (Å²) in [6, 6.07) is 8.73. The lowest BCUT2D eigenvalue weighted by Crippen LogP contribution is -2.29. The first-order valence-corrected chi connectivity index (χ1v) is 9.99. The van der Waals surface area contributed by atoms with Gasteiger partial charge in [-0.05, 0) is 25.0 Å². The van der Waals surface area contributed by atoms with Gasteiger partial charge in [-0.3, -0.25) is 0 Å². The van der Waals surface area contributed by atoms with E-state index in [4.69, 9.17) is 0 Å². The second-order valence-corrected chi connectivity index (χ2v) is 8.51. The molecular formula is C26H29N. The highest BCUT2D eigenvalue weighted by Gasteiger charge is 2.23. The first-order chi connectivity index (χ1) is 13.0. The molecule has 27 heavy (non-hydrogen) atoms. The predicted molar refractivity (Wildman–Crippen MR) is 118 cm³/mol. The van der Waals surface area contributed by atoms with Crippen LogP contribution in [0, 0.1) is 10.8 Å². The summed E-state index contributed by atoms with van der Waals surface area (Å²) in [5.41, 5.74) is 1.55. The summed E-state index contributed by atoms with van der Waals surface area (Å²) in [5.74, 6) is 0. The molecule has 0 bridgehead atoms. The molecule has 1 nitrogen and oxygen atoms in total. The summed E-state index contributed by atoms with van der Waals surface area (Å²) < 4.78 is 2.31. The van der Waals surface area contributed by atoms with Gasteiger partial charge in [0.1, 0.15) is 0 Å². The molecule has 0 spiro atoms. The maximum absolute atomic E-state index is 2.49. The third-order valence-corrected chi connectivity index (χ3v) is 6.12. The molecule has 2 aromatic rings. The van der Waals surface area contributed by atoms with Crippen molar-refractivity contribution in [1.29, 1.82) is 0 Å². The van der Waals surface area contributed by atoms with Gasteiger partial charge in [-0.25, -0.2) is 0 Å². The summed E-state index contributed by atoms with van der Waals surface area (Å²) in [6.07, 6.45) is 26.2. The monoisotopic (exact) mass is 355 g/mol. The fourth-order valence-electron chi connectivity index (χ4n) is 4.44. The molecule has 1 unspecified atom stereocenters. The Morgan fingerprint density at radius 3 is 2.26 bits per heavy atom. The van der Waals surface area contributed by atoms with Crippen molar-refractivity contribution in [3.8, 4) is 0 Å². The summed E-state index contributed by atoms with van der Waals surface area (Å²) in [5, 5.41) is 4.04. The van der Waals surface area contributed by atoms with Gasteiger partial charge >= 0.3 is 0 Å². The summed E-state index contributed by atoms with van der Waals surface area (Å²) >= 11 is 0. The fraction of sp³-hybridized carbons (Fsp3) is 0.308. The third-order valence-electron chi connectivity index (χ3n) is 6.12. The van der Waals surface area contributed by atoms with Crippen LogP contribution in [-0.2, 0) is 7.05 Å². The van der Waals surface area contributed by atoms with Crippen LogP contribution in [0.5, 0.6) is 0 Å². The van der Waals surface area contributed by atoms with E-state index in [1.165, 1.54) is 34.3 Å². The predicted octanol–water partition coefficient (Wildman–Crippen LogP) is 5.17. The molecule has 0 aliphatic heterocycles. The highest BCUT2D eigenvalue weighted by molar-refractivity contribution is 5.82. The van der Waals surface area contributed by atoms with Gasteiger partial charge in [0, 0.05) is 39.3 Å². The lowest BCUT2D eigenvalue weighted by atomic mass is 9.78. The Hall–Kier alpha value is -2.54. The van der Waals surface area contributed by atoms with Crippen molar-refractivity contribution in [2.75, 3.05) is 0 Å². The van der Waals surface area contributed by atoms with Crippen molar-refractivity contribution in [2.45, 2.75) is 33.1 Å². The first-order valence-electron chi connectivity index (χ1n) is 9.99. The Bertz CT molecular complexity index is 1070. The molecule has 0 fully saturated rings. The van der Waals surface area contributed by atoms with Gasteiger partial charge in [0.05, 0.1) is 0 Å². The summed E-state index contributed by atoms with van der Waals surface area (Å²) in [7, 11) is 2.17. The van der Waals surface area contributed by atoms with E-state index in [9.17, 15) is 0 Å². The van der Waals surface area contributed by atoms with E-state index in [1.807, 2.05) is 0 Å². The van der Waals surface area contributed by atoms with Crippen LogP contribution in [0.4, 0.5) is 0 Å². The van der Waals surface area contributed by atoms with Crippen LogP contribution in [0.2, 0.25) is 0 Å². The number of rotatable bonds is 4. The maximum atomic E-state index is 2.49. The zero-order valence-corrected chi connectivity index (χ0v) is 16.7. The maximum Gasteiger partial charge on any atom is 0.0488 e. The highest BCUT2D eigenvalue weighted by Crippen LogP contribution is 2.34. The molecule has 1 heteroatoms. The Morgan fingerprint density at radius 1 is 0.815 bits per heavy atom. The molecule has 0 radical (unpaired) electrons. The van der Waals surface area contributed by atoms with E-state index in [0.29, 0.717) is 0 Å². The second-order valence-electron chi connectivity index (χ2n) is 8.51. The van der Waals surface area contributed by atoms with Gasteiger partial charge < -0.3 is 4.57 Å². The zero-order valence-electron chi connectivity index (χ0n) is 16.7. The number of fused-ring (bicyclic) bond motifs is 3. The first kappa shape index (κ1) is 17.9. The van der Waals surface area contributed by atoms with Gasteiger partial charge in [0.25, 0.3) is 0 Å². The number of aryl methyl sites for hydroxylation is 1. The van der Waals surface area contributed by atoms with Crippen molar-refractivity contribution in [1.82, 2.24) is 4.57 Å². The lowest BCUT2D eigenvalue weighted by Gasteiger charge is -2.26. The molecule has 1 aromatic heterocycles. The van der Waals surface area contributed by atoms with Crippen molar-refractivity contribution < 1.29 is 0 Å². The van der Waals surface area contributed by atoms with Crippen molar-refractivity contribution in [2.24, 2.45) is 17.9 Å². The Morgan fingerprint density at radius 2 is 1.48 bits per heavy atom. The fourth-order valence-corrected chi connectivity index (χ4v) is 4.44. The molecule has 1 heterocycles. The van der Waals surface area contributed by atoms with Crippen LogP contribution in [-0.4, -0.2) is 4.57 Å². The van der Waals surface area contributed by atoms with E-state index >= 15 is 0 Å². The topological polar surface area (TPSA) is 4.93 Å². The average molecular weight is 356 g/mol. The molecule has 2 aliphatic rings. The third kappa shape index (κ3) is 3.51. The smallest absolute Gasteiger partial charge is 0.0488 e. The van der Waals surface area contributed by atoms with Gasteiger partial charge in [0.15, 0.2) is 0 Å². The van der Waals surface area contributed by atoms with E-state index in [0.717, 1.165) is 6.42 Å². The molecule has 0 amide bonds. The van der Waals surface area contributed by atoms with Crippen molar-refractivity contribution >= 4 is 23.1 Å². The highest BCUT2D eigenvalue weighted by atomic mass is 14.9. The minimum Gasteiger partial charge on any atom is -0.344 e. The number of hydrogen-bond donors (Lipinski definition) is 0. The number of benzene rings is 1. The standard InChI is InChI=1S/C26H29N/c1-25(15-8-4-5-9-16-25)18-11-19-26(2)17-10-14-24-22(20-26)21-12-6-7-13-23(21)27(24)3/h4-10,12-17,20H,11,18-19H2,1-3H3. The summed E-state index contributed by atoms with van der Waals surface area (Å²) in [4.78, 5) is 0. The van der Waals surface area contributed by atoms with Gasteiger partial charge in [-0.1, -0.05) is 93.2 Å². The van der Waals surface area contributed by atoms with E-state index in [1.54, 1.807) is 0 Å². The average Bonchev–Trinajstić information content (AvgIpc) is 2.84. The Labute approximate surface area is 162 Å². The van der Waals surface area contributed by atoms with Crippen molar-refractivity contribution in [3.05, 3.63) is 83.4 Å². The second kappa shape index (κ2) is 6.88. The van der Waals surface area contributed by atoms with Crippen LogP contribution in [0.25, 0.3) is 23.1 Å². The van der Waals surface area contributed by atoms with Gasteiger partial charge in [-0.15, -0.1) is 0 Å². The van der Waals surface area contributed by atoms with Crippen LogP contribution in [0.15, 0.2) is 72.9 Å². The normalized spacial score (nSPS) is 22.8. The van der Waals surface area contributed by atoms with Crippen LogP contribution in [0.1, 0.15) is 33.1 Å². The molecule has 0 saturated heterocycles. The molecular weight excluding hydrogens is 326 g/mol. The molecule has 1 aromatic carbocycles. The quantitative estimate of drug-likeness (QED) is 0.713. The lowest BCUT2D eigenvalue weighted by molar-refractivity contribution is 0.417. The minimum absolute atomic E-state index is 0.0820. The molecule has 138 valence electrons. The minimum atomic E-state index is 0.0820. The number of hydrogen-bond acceptors (Lipinski definition) is 0.